The van der Waals surface area contributed by atoms with E-state index in [1.165, 1.54) is 77.9 Å². The fourth-order valence-corrected chi connectivity index (χ4v) is 28.4. The molecule has 2 unspecified atom stereocenters. The Morgan fingerprint density at radius 2 is 0.731 bits per heavy atom. The second-order valence-electron chi connectivity index (χ2n) is 16.8. The van der Waals surface area contributed by atoms with Gasteiger partial charge in [-0.1, -0.05) is 0 Å². The van der Waals surface area contributed by atoms with Crippen molar-refractivity contribution in [1.29, 1.82) is 0 Å². The fraction of sp³-hybridized carbons (Fsp3) is 0.216. The first-order chi connectivity index (χ1) is 25.0. The first-order valence-electron chi connectivity index (χ1n) is 19.0. The van der Waals surface area contributed by atoms with E-state index in [1.54, 1.807) is 22.3 Å². The molecule has 1 aliphatic heterocycles. The summed E-state index contributed by atoms with van der Waals surface area (Å²) in [5.74, 6) is 0. The van der Waals surface area contributed by atoms with Crippen molar-refractivity contribution in [3.63, 3.8) is 0 Å². The molecule has 1 heterocycles. The second kappa shape index (κ2) is 12.1. The first kappa shape index (κ1) is 33.5. The van der Waals surface area contributed by atoms with Crippen LogP contribution in [0.4, 0.5) is 0 Å². The van der Waals surface area contributed by atoms with Crippen molar-refractivity contribution in [2.45, 2.75) is 58.3 Å². The molecule has 0 amide bonds. The Hall–Kier alpha value is -4.33. The van der Waals surface area contributed by atoms with Gasteiger partial charge in [-0.2, -0.15) is 0 Å². The van der Waals surface area contributed by atoms with Crippen LogP contribution in [0.3, 0.4) is 0 Å². The Kier molecular flexibility index (Phi) is 7.80. The van der Waals surface area contributed by atoms with E-state index in [2.05, 4.69) is 184 Å². The Morgan fingerprint density at radius 1 is 0.404 bits per heavy atom. The number of benzene rings is 6. The maximum absolute atomic E-state index is 3.21. The zero-order chi connectivity index (χ0) is 36.1. The molecule has 0 radical (unpaired) electrons. The molecule has 6 aromatic rings. The first-order valence-corrected chi connectivity index (χ1v) is 30.4. The summed E-state index contributed by atoms with van der Waals surface area (Å²) in [6, 6.07) is 46.0. The van der Waals surface area contributed by atoms with Crippen LogP contribution in [0.2, 0.25) is 9.36 Å². The standard InChI is InChI=1S/C49H42.2CH3.Hf/c1-31-15-11-16-32(2)47(31)43-23-9-7-21-39(43)41-25-13-19-35-27-37(29-45(35)41)49(5,6)38-28-36-20-14-26-42(46(36)30-38)40-22-8-10-24-44(40)48-33(3)17-12-18-34(48)4;;;/h7-30H,1-6H3;2*1H3;. The van der Waals surface area contributed by atoms with Gasteiger partial charge in [0.2, 0.25) is 0 Å². The van der Waals surface area contributed by atoms with Gasteiger partial charge in [0.15, 0.2) is 0 Å². The predicted molar refractivity (Wildman–Crippen MR) is 221 cm³/mol. The van der Waals surface area contributed by atoms with Crippen molar-refractivity contribution in [2.75, 3.05) is 0 Å². The van der Waals surface area contributed by atoms with Crippen molar-refractivity contribution >= 4 is 12.2 Å². The molecule has 0 nitrogen and oxygen atoms in total. The van der Waals surface area contributed by atoms with E-state index in [4.69, 9.17) is 0 Å². The summed E-state index contributed by atoms with van der Waals surface area (Å²) in [6.45, 7) is 14.1. The molecule has 1 heteroatoms. The van der Waals surface area contributed by atoms with Crippen molar-refractivity contribution in [3.05, 3.63) is 177 Å². The van der Waals surface area contributed by atoms with Crippen molar-refractivity contribution in [1.82, 2.24) is 0 Å². The van der Waals surface area contributed by atoms with Gasteiger partial charge >= 0.3 is 317 Å². The topological polar surface area (TPSA) is 0 Å². The van der Waals surface area contributed by atoms with Crippen LogP contribution in [0.25, 0.3) is 56.7 Å². The molecule has 1 fully saturated rings. The molecule has 0 bridgehead atoms. The number of rotatable bonds is 4. The van der Waals surface area contributed by atoms with Gasteiger partial charge < -0.3 is 0 Å². The number of allylic oxidation sites excluding steroid dienone is 2. The number of fused-ring (bicyclic) bond motifs is 6. The molecule has 0 spiro atoms. The molecule has 3 aliphatic rings. The zero-order valence-electron chi connectivity index (χ0n) is 31.9. The molecular formula is C51H48Hf. The van der Waals surface area contributed by atoms with Gasteiger partial charge in [0.25, 0.3) is 0 Å². The molecule has 256 valence electrons. The molecule has 2 aliphatic carbocycles. The van der Waals surface area contributed by atoms with E-state index in [0.717, 1.165) is 0 Å². The normalized spacial score (nSPS) is 18.9. The molecule has 6 aromatic carbocycles. The third-order valence-corrected chi connectivity index (χ3v) is 28.2. The van der Waals surface area contributed by atoms with Gasteiger partial charge in [-0.25, -0.2) is 0 Å². The molecule has 0 aromatic heterocycles. The van der Waals surface area contributed by atoms with Crippen LogP contribution in [-0.4, -0.2) is 0 Å². The second-order valence-corrected chi connectivity index (χ2v) is 34.0. The van der Waals surface area contributed by atoms with Crippen molar-refractivity contribution in [2.24, 2.45) is 5.41 Å². The van der Waals surface area contributed by atoms with Gasteiger partial charge in [0.1, 0.15) is 0 Å². The average Bonchev–Trinajstić information content (AvgIpc) is 3.74. The van der Waals surface area contributed by atoms with E-state index < -0.39 is 20.0 Å². The van der Waals surface area contributed by atoms with Crippen molar-refractivity contribution < 1.29 is 20.0 Å². The molecule has 52 heavy (non-hydrogen) atoms. The summed E-state index contributed by atoms with van der Waals surface area (Å²) in [4.78, 5) is 0. The summed E-state index contributed by atoms with van der Waals surface area (Å²) in [5.41, 5.74) is 25.5. The van der Waals surface area contributed by atoms with Gasteiger partial charge in [-0.05, 0) is 0 Å². The average molecular weight is 839 g/mol. The van der Waals surface area contributed by atoms with Crippen LogP contribution >= 0.6 is 0 Å². The Morgan fingerprint density at radius 3 is 1.12 bits per heavy atom. The van der Waals surface area contributed by atoms with Crippen LogP contribution in [0.1, 0.15) is 65.7 Å². The third kappa shape index (κ3) is 4.81. The van der Waals surface area contributed by atoms with Crippen LogP contribution in [0, 0.1) is 33.1 Å². The molecule has 9 rings (SSSR count). The SMILES string of the molecule is Cc1cccc(C)c1-c1ccccc1-c1cccc2c1C=C1[CH]2[Hf]([CH3])([CH3])[CH]2C(=Cc3c(-c4ccccc4-c4c(C)cccc4C)cccc32)C1(C)C. The number of hydrogen-bond donors (Lipinski definition) is 0. The fourth-order valence-electron chi connectivity index (χ4n) is 10.6. The quantitative estimate of drug-likeness (QED) is 0.155. The molecule has 0 saturated carbocycles. The van der Waals surface area contributed by atoms with E-state index in [9.17, 15) is 0 Å². The molecular weight excluding hydrogens is 791 g/mol. The summed E-state index contributed by atoms with van der Waals surface area (Å²) >= 11 is -3.21. The van der Waals surface area contributed by atoms with Gasteiger partial charge in [-0.3, -0.25) is 0 Å². The van der Waals surface area contributed by atoms with Gasteiger partial charge in [-0.15, -0.1) is 0 Å². The van der Waals surface area contributed by atoms with Crippen LogP contribution in [0.5, 0.6) is 0 Å². The number of hydrogen-bond acceptors (Lipinski definition) is 0. The Labute approximate surface area is 315 Å². The third-order valence-electron chi connectivity index (χ3n) is 13.0. The summed E-state index contributed by atoms with van der Waals surface area (Å²) in [6.07, 6.45) is 5.30. The number of aryl methyl sites for hydroxylation is 4. The van der Waals surface area contributed by atoms with E-state index in [-0.39, 0.29) is 5.41 Å². The Balaban J connectivity index is 1.21. The minimum atomic E-state index is -3.21. The predicted octanol–water partition coefficient (Wildman–Crippen LogP) is 14.5. The molecule has 1 saturated heterocycles. The van der Waals surface area contributed by atoms with Gasteiger partial charge in [0.05, 0.1) is 0 Å². The molecule has 0 N–H and O–H groups in total. The zero-order valence-corrected chi connectivity index (χ0v) is 35.4. The van der Waals surface area contributed by atoms with E-state index in [0.29, 0.717) is 7.35 Å². The van der Waals surface area contributed by atoms with E-state index >= 15 is 0 Å². The van der Waals surface area contributed by atoms with Crippen molar-refractivity contribution in [3.8, 4) is 44.5 Å². The minimum absolute atomic E-state index is 0.0460. The Bertz CT molecular complexity index is 2310. The van der Waals surface area contributed by atoms with E-state index in [1.807, 2.05) is 0 Å². The monoisotopic (exact) mass is 840 g/mol. The van der Waals surface area contributed by atoms with Crippen LogP contribution in [0.15, 0.2) is 132 Å². The van der Waals surface area contributed by atoms with Crippen LogP contribution < -0.4 is 0 Å². The maximum atomic E-state index is 2.76. The van der Waals surface area contributed by atoms with Crippen LogP contribution in [-0.2, 0) is 20.0 Å². The van der Waals surface area contributed by atoms with Gasteiger partial charge in [0, 0.05) is 0 Å². The summed E-state index contributed by atoms with van der Waals surface area (Å²) in [5, 5.41) is 0. The molecule has 2 atom stereocenters. The summed E-state index contributed by atoms with van der Waals surface area (Å²) < 4.78 is 6.61. The summed E-state index contributed by atoms with van der Waals surface area (Å²) in [7, 11) is 0.